The first-order valence-electron chi connectivity index (χ1n) is 9.91. The molecule has 0 N–H and O–H groups in total. The number of nitrogens with zero attached hydrogens (tertiary/aromatic N) is 5. The van der Waals surface area contributed by atoms with Crippen LogP contribution in [0, 0.1) is 0 Å². The van der Waals surface area contributed by atoms with Gasteiger partial charge in [-0.15, -0.1) is 10.2 Å². The second kappa shape index (κ2) is 8.56. The van der Waals surface area contributed by atoms with E-state index in [0.29, 0.717) is 6.54 Å². The number of benzene rings is 2. The predicted octanol–water partition coefficient (Wildman–Crippen LogP) is 5.28. The summed E-state index contributed by atoms with van der Waals surface area (Å²) in [4.78, 5) is 21.5. The summed E-state index contributed by atoms with van der Waals surface area (Å²) in [5.41, 5.74) is 2.80. The Labute approximate surface area is 188 Å². The average molecular weight is 446 g/mol. The zero-order chi connectivity index (χ0) is 21.2. The number of thioether (sulfide) groups is 1. The minimum absolute atomic E-state index is 0.0151. The third kappa shape index (κ3) is 3.73. The molecule has 0 unspecified atom stereocenters. The van der Waals surface area contributed by atoms with Gasteiger partial charge in [-0.25, -0.2) is 0 Å². The van der Waals surface area contributed by atoms with Crippen LogP contribution in [-0.2, 0) is 11.3 Å². The number of aromatic nitrogens is 4. The summed E-state index contributed by atoms with van der Waals surface area (Å²) in [6.45, 7) is 2.77. The molecule has 5 rings (SSSR count). The van der Waals surface area contributed by atoms with Crippen molar-refractivity contribution < 1.29 is 4.79 Å². The molecule has 8 heteroatoms. The van der Waals surface area contributed by atoms with E-state index in [4.69, 9.17) is 0 Å². The first kappa shape index (κ1) is 19.8. The lowest BCUT2D eigenvalue weighted by Crippen LogP contribution is -2.30. The fourth-order valence-corrected chi connectivity index (χ4v) is 5.47. The van der Waals surface area contributed by atoms with Crippen LogP contribution in [0.5, 0.6) is 0 Å². The van der Waals surface area contributed by atoms with Crippen molar-refractivity contribution in [1.29, 1.82) is 0 Å². The monoisotopic (exact) mass is 445 g/mol. The van der Waals surface area contributed by atoms with Crippen LogP contribution >= 0.6 is 23.5 Å². The summed E-state index contributed by atoms with van der Waals surface area (Å²) < 4.78 is 2.03. The summed E-state index contributed by atoms with van der Waals surface area (Å²) >= 11 is 3.11. The molecule has 0 aliphatic carbocycles. The molecule has 0 fully saturated rings. The molecule has 4 aromatic rings. The molecule has 1 amide bonds. The molecule has 0 atom stereocenters. The van der Waals surface area contributed by atoms with Crippen LogP contribution in [0.1, 0.15) is 6.92 Å². The summed E-state index contributed by atoms with van der Waals surface area (Å²) in [5.74, 6) is 1.06. The number of hydrogen-bond donors (Lipinski definition) is 0. The Bertz CT molecular complexity index is 1200. The number of carbonyl (C=O) groups excluding carboxylic acids is 1. The van der Waals surface area contributed by atoms with Gasteiger partial charge >= 0.3 is 0 Å². The molecule has 2 aromatic carbocycles. The van der Waals surface area contributed by atoms with E-state index in [2.05, 4.69) is 27.3 Å². The van der Waals surface area contributed by atoms with Gasteiger partial charge in [0.15, 0.2) is 11.0 Å². The highest BCUT2D eigenvalue weighted by Gasteiger charge is 2.28. The maximum atomic E-state index is 13.4. The second-order valence-corrected chi connectivity index (χ2v) is 8.87. The van der Waals surface area contributed by atoms with Gasteiger partial charge < -0.3 is 4.57 Å². The molecule has 0 saturated carbocycles. The molecule has 3 heterocycles. The predicted molar refractivity (Wildman–Crippen MR) is 124 cm³/mol. The highest BCUT2D eigenvalue weighted by atomic mass is 32.2. The van der Waals surface area contributed by atoms with Crippen molar-refractivity contribution >= 4 is 40.8 Å². The number of rotatable bonds is 5. The lowest BCUT2D eigenvalue weighted by molar-refractivity contribution is -0.115. The smallest absolute Gasteiger partial charge is 0.242 e. The van der Waals surface area contributed by atoms with Crippen molar-refractivity contribution in [2.24, 2.45) is 0 Å². The Balaban J connectivity index is 1.42. The fraction of sp³-hybridized carbons (Fsp3) is 0.130. The number of carbonyl (C=O) groups is 1. The van der Waals surface area contributed by atoms with Gasteiger partial charge in [0.2, 0.25) is 5.91 Å². The van der Waals surface area contributed by atoms with Crippen LogP contribution in [0.2, 0.25) is 0 Å². The highest BCUT2D eigenvalue weighted by Crippen LogP contribution is 2.48. The Kier molecular flexibility index (Phi) is 5.48. The minimum Gasteiger partial charge on any atom is -0.302 e. The molecule has 6 nitrogen and oxygen atoms in total. The van der Waals surface area contributed by atoms with E-state index in [1.165, 1.54) is 11.8 Å². The molecule has 1 aliphatic heterocycles. The largest absolute Gasteiger partial charge is 0.302 e. The van der Waals surface area contributed by atoms with E-state index < -0.39 is 0 Å². The third-order valence-corrected chi connectivity index (χ3v) is 7.06. The van der Waals surface area contributed by atoms with Crippen molar-refractivity contribution in [2.75, 3.05) is 10.7 Å². The highest BCUT2D eigenvalue weighted by molar-refractivity contribution is 8.00. The van der Waals surface area contributed by atoms with Crippen molar-refractivity contribution in [1.82, 2.24) is 19.7 Å². The van der Waals surface area contributed by atoms with Gasteiger partial charge in [-0.05, 0) is 43.3 Å². The molecule has 154 valence electrons. The molecular weight excluding hydrogens is 426 g/mol. The Morgan fingerprint density at radius 3 is 2.23 bits per heavy atom. The maximum absolute atomic E-state index is 13.4. The van der Waals surface area contributed by atoms with Crippen molar-refractivity contribution in [3.8, 4) is 11.4 Å². The van der Waals surface area contributed by atoms with Gasteiger partial charge in [-0.1, -0.05) is 47.8 Å². The molecule has 0 saturated heterocycles. The molecule has 0 radical (unpaired) electrons. The van der Waals surface area contributed by atoms with Gasteiger partial charge in [0.25, 0.3) is 0 Å². The van der Waals surface area contributed by atoms with Crippen LogP contribution in [-0.4, -0.2) is 31.4 Å². The van der Waals surface area contributed by atoms with E-state index in [1.807, 2.05) is 64.9 Å². The number of hydrogen-bond acceptors (Lipinski definition) is 6. The van der Waals surface area contributed by atoms with Gasteiger partial charge in [-0.3, -0.25) is 14.7 Å². The van der Waals surface area contributed by atoms with Crippen LogP contribution in [0.15, 0.2) is 88.0 Å². The van der Waals surface area contributed by atoms with Gasteiger partial charge in [0, 0.05) is 34.3 Å². The third-order valence-electron chi connectivity index (χ3n) is 4.98. The lowest BCUT2D eigenvalue weighted by atomic mass is 10.2. The topological polar surface area (TPSA) is 63.9 Å². The van der Waals surface area contributed by atoms with Crippen molar-refractivity contribution in [3.05, 3.63) is 73.1 Å². The average Bonchev–Trinajstić information content (AvgIpc) is 3.24. The minimum atomic E-state index is 0.0151. The molecule has 31 heavy (non-hydrogen) atoms. The second-order valence-electron chi connectivity index (χ2n) is 6.84. The van der Waals surface area contributed by atoms with Gasteiger partial charge in [0.1, 0.15) is 0 Å². The number of anilines is 2. The summed E-state index contributed by atoms with van der Waals surface area (Å²) in [6.07, 6.45) is 3.48. The van der Waals surface area contributed by atoms with Crippen molar-refractivity contribution in [2.45, 2.75) is 28.4 Å². The fourth-order valence-electron chi connectivity index (χ4n) is 3.56. The molecule has 2 aromatic heterocycles. The molecular formula is C23H19N5OS2. The SMILES string of the molecule is CCn1c(SCC(=O)N2c3ccccc3Sc3ccccc32)nnc1-c1ccncc1. The van der Waals surface area contributed by atoms with E-state index in [1.54, 1.807) is 24.2 Å². The van der Waals surface area contributed by atoms with Gasteiger partial charge in [0.05, 0.1) is 17.1 Å². The van der Waals surface area contributed by atoms with E-state index in [-0.39, 0.29) is 11.7 Å². The Hall–Kier alpha value is -3.10. The standard InChI is InChI=1S/C23H19N5OS2/c1-2-27-22(16-11-13-24-14-12-16)25-26-23(27)30-15-21(29)28-17-7-3-5-9-19(17)31-20-10-6-4-8-18(20)28/h3-14H,2,15H2,1H3. The zero-order valence-corrected chi connectivity index (χ0v) is 18.4. The summed E-state index contributed by atoms with van der Waals surface area (Å²) in [5, 5.41) is 9.44. The lowest BCUT2D eigenvalue weighted by Gasteiger charge is -2.30. The van der Waals surface area contributed by atoms with E-state index in [9.17, 15) is 4.79 Å². The number of para-hydroxylation sites is 2. The molecule has 0 spiro atoms. The Morgan fingerprint density at radius 2 is 1.58 bits per heavy atom. The first-order chi connectivity index (χ1) is 15.3. The molecule has 0 bridgehead atoms. The van der Waals surface area contributed by atoms with E-state index in [0.717, 1.165) is 37.7 Å². The van der Waals surface area contributed by atoms with Crippen molar-refractivity contribution in [3.63, 3.8) is 0 Å². The first-order valence-corrected chi connectivity index (χ1v) is 11.7. The van der Waals surface area contributed by atoms with Crippen LogP contribution in [0.25, 0.3) is 11.4 Å². The Morgan fingerprint density at radius 1 is 0.935 bits per heavy atom. The quantitative estimate of drug-likeness (QED) is 0.389. The van der Waals surface area contributed by atoms with Crippen LogP contribution < -0.4 is 4.90 Å². The zero-order valence-electron chi connectivity index (χ0n) is 16.8. The maximum Gasteiger partial charge on any atom is 0.242 e. The van der Waals surface area contributed by atoms with Gasteiger partial charge in [-0.2, -0.15) is 0 Å². The van der Waals surface area contributed by atoms with Crippen LogP contribution in [0.4, 0.5) is 11.4 Å². The van der Waals surface area contributed by atoms with Crippen LogP contribution in [0.3, 0.4) is 0 Å². The van der Waals surface area contributed by atoms with E-state index >= 15 is 0 Å². The summed E-state index contributed by atoms with van der Waals surface area (Å²) in [7, 11) is 0. The number of amides is 1. The number of fused-ring (bicyclic) bond motifs is 2. The summed E-state index contributed by atoms with van der Waals surface area (Å²) in [6, 6.07) is 19.9. The normalized spacial score (nSPS) is 12.4. The number of pyridine rings is 1. The molecule has 1 aliphatic rings.